The van der Waals surface area contributed by atoms with E-state index in [-0.39, 0.29) is 17.7 Å². The Morgan fingerprint density at radius 1 is 1.08 bits per heavy atom. The highest BCUT2D eigenvalue weighted by Gasteiger charge is 2.22. The average molecular weight is 343 g/mol. The van der Waals surface area contributed by atoms with Gasteiger partial charge >= 0.3 is 0 Å². The van der Waals surface area contributed by atoms with Crippen LogP contribution >= 0.6 is 0 Å². The number of nitrogens with two attached hydrogens (primary N) is 2. The number of primary amides is 1. The highest BCUT2D eigenvalue weighted by Crippen LogP contribution is 2.31. The number of hydrogen-bond donors (Lipinski definition) is 3. The van der Waals surface area contributed by atoms with Gasteiger partial charge in [0.2, 0.25) is 5.91 Å². The molecule has 7 nitrogen and oxygen atoms in total. The summed E-state index contributed by atoms with van der Waals surface area (Å²) in [4.78, 5) is 24.3. The van der Waals surface area contributed by atoms with Crippen molar-refractivity contribution < 1.29 is 19.1 Å². The lowest BCUT2D eigenvalue weighted by molar-refractivity contribution is -0.119. The summed E-state index contributed by atoms with van der Waals surface area (Å²) < 4.78 is 10.3. The topological polar surface area (TPSA) is 117 Å². The molecule has 0 aromatic heterocycles. The van der Waals surface area contributed by atoms with Crippen molar-refractivity contribution >= 4 is 17.5 Å². The molecule has 0 bridgehead atoms. The van der Waals surface area contributed by atoms with Gasteiger partial charge in [-0.2, -0.15) is 0 Å². The molecule has 0 aliphatic heterocycles. The molecule has 0 fully saturated rings. The molecule has 5 N–H and O–H groups in total. The average Bonchev–Trinajstić information content (AvgIpc) is 2.61. The molecule has 2 aromatic rings. The summed E-state index contributed by atoms with van der Waals surface area (Å²) in [6.45, 7) is 0. The van der Waals surface area contributed by atoms with Crippen LogP contribution in [0.15, 0.2) is 42.5 Å². The first-order valence-electron chi connectivity index (χ1n) is 7.61. The Morgan fingerprint density at radius 3 is 2.24 bits per heavy atom. The number of rotatable bonds is 7. The molecule has 2 aromatic carbocycles. The van der Waals surface area contributed by atoms with Gasteiger partial charge in [-0.1, -0.05) is 30.3 Å². The zero-order valence-electron chi connectivity index (χ0n) is 14.1. The van der Waals surface area contributed by atoms with Crippen LogP contribution in [0.3, 0.4) is 0 Å². The first-order valence-corrected chi connectivity index (χ1v) is 7.61. The molecule has 1 unspecified atom stereocenters. The lowest BCUT2D eigenvalue weighted by Crippen LogP contribution is -2.46. The second-order valence-corrected chi connectivity index (χ2v) is 5.41. The Labute approximate surface area is 145 Å². The quantitative estimate of drug-likeness (QED) is 0.651. The molecular weight excluding hydrogens is 322 g/mol. The fourth-order valence-electron chi connectivity index (χ4n) is 2.40. The van der Waals surface area contributed by atoms with E-state index in [1.54, 1.807) is 0 Å². The van der Waals surface area contributed by atoms with Crippen LogP contribution in [0.2, 0.25) is 0 Å². The van der Waals surface area contributed by atoms with Gasteiger partial charge in [0.25, 0.3) is 5.91 Å². The summed E-state index contributed by atoms with van der Waals surface area (Å²) in [5.41, 5.74) is 12.6. The Balaban J connectivity index is 2.22. The normalized spacial score (nSPS) is 11.4. The lowest BCUT2D eigenvalue weighted by atomic mass is 10.0. The number of ether oxygens (including phenoxy) is 2. The van der Waals surface area contributed by atoms with E-state index >= 15 is 0 Å². The van der Waals surface area contributed by atoms with Crippen molar-refractivity contribution in [3.8, 4) is 11.5 Å². The summed E-state index contributed by atoms with van der Waals surface area (Å²) in [5.74, 6) is -0.373. The number of carbonyl (C=O) groups excluding carboxylic acids is 2. The number of nitrogen functional groups attached to an aromatic ring is 1. The van der Waals surface area contributed by atoms with Crippen LogP contribution in [0, 0.1) is 0 Å². The van der Waals surface area contributed by atoms with Gasteiger partial charge < -0.3 is 26.3 Å². The molecule has 0 heterocycles. The van der Waals surface area contributed by atoms with E-state index in [9.17, 15) is 9.59 Å². The van der Waals surface area contributed by atoms with Gasteiger partial charge in [0, 0.05) is 18.2 Å². The lowest BCUT2D eigenvalue weighted by Gasteiger charge is -2.17. The van der Waals surface area contributed by atoms with Gasteiger partial charge in [-0.15, -0.1) is 0 Å². The standard InChI is InChI=1S/C18H21N3O4/c1-24-15-9-12(13(19)10-16(15)25-2)18(23)21-14(17(20)22)8-11-6-4-3-5-7-11/h3-7,9-10,14H,8,19H2,1-2H3,(H2,20,22)(H,21,23). The number of hydrogen-bond acceptors (Lipinski definition) is 5. The number of anilines is 1. The summed E-state index contributed by atoms with van der Waals surface area (Å²) in [6, 6.07) is 11.4. The minimum atomic E-state index is -0.859. The van der Waals surface area contributed by atoms with Crippen molar-refractivity contribution in [1.82, 2.24) is 5.32 Å². The van der Waals surface area contributed by atoms with E-state index in [1.165, 1.54) is 26.4 Å². The van der Waals surface area contributed by atoms with Gasteiger partial charge in [-0.25, -0.2) is 0 Å². The third kappa shape index (κ3) is 4.41. The van der Waals surface area contributed by atoms with Crippen molar-refractivity contribution in [2.45, 2.75) is 12.5 Å². The van der Waals surface area contributed by atoms with Crippen LogP contribution in [0.5, 0.6) is 11.5 Å². The monoisotopic (exact) mass is 343 g/mol. The summed E-state index contributed by atoms with van der Waals surface area (Å²) in [6.07, 6.45) is 0.287. The first-order chi connectivity index (χ1) is 12.0. The predicted octanol–water partition coefficient (Wildman–Crippen LogP) is 1.11. The Bertz CT molecular complexity index is 762. The first kappa shape index (κ1) is 18.1. The largest absolute Gasteiger partial charge is 0.493 e. The van der Waals surface area contributed by atoms with Crippen LogP contribution in [0.1, 0.15) is 15.9 Å². The molecule has 2 amide bonds. The third-order valence-electron chi connectivity index (χ3n) is 3.73. The van der Waals surface area contributed by atoms with E-state index < -0.39 is 17.9 Å². The van der Waals surface area contributed by atoms with Gasteiger partial charge in [-0.05, 0) is 11.6 Å². The third-order valence-corrected chi connectivity index (χ3v) is 3.73. The highest BCUT2D eigenvalue weighted by molar-refractivity contribution is 6.02. The van der Waals surface area contributed by atoms with E-state index in [1.807, 2.05) is 30.3 Å². The van der Waals surface area contributed by atoms with Crippen LogP contribution in [0.4, 0.5) is 5.69 Å². The van der Waals surface area contributed by atoms with Gasteiger partial charge in [0.1, 0.15) is 6.04 Å². The second-order valence-electron chi connectivity index (χ2n) is 5.41. The molecule has 0 saturated heterocycles. The maximum absolute atomic E-state index is 12.5. The Kier molecular flexibility index (Phi) is 5.84. The number of nitrogens with one attached hydrogen (secondary N) is 1. The van der Waals surface area contributed by atoms with E-state index in [0.717, 1.165) is 5.56 Å². The van der Waals surface area contributed by atoms with E-state index in [0.29, 0.717) is 11.5 Å². The van der Waals surface area contributed by atoms with Crippen LogP contribution < -0.4 is 26.3 Å². The molecule has 2 rings (SSSR count). The number of carbonyl (C=O) groups is 2. The molecule has 25 heavy (non-hydrogen) atoms. The number of methoxy groups -OCH3 is 2. The predicted molar refractivity (Wildman–Crippen MR) is 94.6 cm³/mol. The minimum Gasteiger partial charge on any atom is -0.493 e. The molecule has 0 aliphatic rings. The van der Waals surface area contributed by atoms with Gasteiger partial charge in [-0.3, -0.25) is 9.59 Å². The Morgan fingerprint density at radius 2 is 1.68 bits per heavy atom. The smallest absolute Gasteiger partial charge is 0.254 e. The van der Waals surface area contributed by atoms with Gasteiger partial charge in [0.05, 0.1) is 19.8 Å². The zero-order valence-corrected chi connectivity index (χ0v) is 14.1. The molecule has 7 heteroatoms. The number of benzene rings is 2. The summed E-state index contributed by atoms with van der Waals surface area (Å²) in [7, 11) is 2.93. The van der Waals surface area contributed by atoms with Crippen molar-refractivity contribution in [2.75, 3.05) is 20.0 Å². The molecule has 132 valence electrons. The molecule has 1 atom stereocenters. The molecule has 0 aliphatic carbocycles. The zero-order chi connectivity index (χ0) is 18.4. The maximum Gasteiger partial charge on any atom is 0.254 e. The van der Waals surface area contributed by atoms with Crippen molar-refractivity contribution in [1.29, 1.82) is 0 Å². The van der Waals surface area contributed by atoms with Crippen molar-refractivity contribution in [3.63, 3.8) is 0 Å². The van der Waals surface area contributed by atoms with Gasteiger partial charge in [0.15, 0.2) is 11.5 Å². The molecular formula is C18H21N3O4. The highest BCUT2D eigenvalue weighted by atomic mass is 16.5. The fraction of sp³-hybridized carbons (Fsp3) is 0.222. The SMILES string of the molecule is COc1cc(N)c(C(=O)NC(Cc2ccccc2)C(N)=O)cc1OC. The fourth-order valence-corrected chi connectivity index (χ4v) is 2.40. The molecule has 0 saturated carbocycles. The van der Waals surface area contributed by atoms with Crippen LogP contribution in [-0.4, -0.2) is 32.1 Å². The van der Waals surface area contributed by atoms with Crippen molar-refractivity contribution in [3.05, 3.63) is 53.6 Å². The van der Waals surface area contributed by atoms with E-state index in [4.69, 9.17) is 20.9 Å². The maximum atomic E-state index is 12.5. The van der Waals surface area contributed by atoms with Crippen LogP contribution in [0.25, 0.3) is 0 Å². The second kappa shape index (κ2) is 8.05. The number of amides is 2. The molecule has 0 spiro atoms. The van der Waals surface area contributed by atoms with Crippen LogP contribution in [-0.2, 0) is 11.2 Å². The Hall–Kier alpha value is -3.22. The van der Waals surface area contributed by atoms with E-state index in [2.05, 4.69) is 5.32 Å². The van der Waals surface area contributed by atoms with Crippen molar-refractivity contribution in [2.24, 2.45) is 5.73 Å². The molecule has 0 radical (unpaired) electrons. The summed E-state index contributed by atoms with van der Waals surface area (Å²) >= 11 is 0. The minimum absolute atomic E-state index is 0.178. The summed E-state index contributed by atoms with van der Waals surface area (Å²) in [5, 5.41) is 2.62.